The Morgan fingerprint density at radius 3 is 2.87 bits per heavy atom. The molecule has 2 aromatic carbocycles. The lowest BCUT2D eigenvalue weighted by Gasteiger charge is -2.03. The minimum atomic E-state index is -0.322. The van der Waals surface area contributed by atoms with Crippen LogP contribution in [-0.4, -0.2) is 28.2 Å². The molecular weight excluding hydrogens is 315 g/mol. The van der Waals surface area contributed by atoms with E-state index in [1.807, 2.05) is 24.3 Å². The van der Waals surface area contributed by atoms with Crippen molar-refractivity contribution in [3.05, 3.63) is 64.7 Å². The molecule has 0 aliphatic heterocycles. The number of rotatable bonds is 4. The van der Waals surface area contributed by atoms with E-state index in [0.29, 0.717) is 21.9 Å². The average Bonchev–Trinajstić information content (AvgIpc) is 2.94. The molecule has 0 radical (unpaired) electrons. The Bertz CT molecular complexity index is 916. The number of ether oxygens (including phenoxy) is 1. The maximum atomic E-state index is 13.2. The first-order chi connectivity index (χ1) is 11.2. The van der Waals surface area contributed by atoms with Gasteiger partial charge in [0.05, 0.1) is 13.3 Å². The van der Waals surface area contributed by atoms with Gasteiger partial charge in [0.2, 0.25) is 4.77 Å². The second kappa shape index (κ2) is 6.53. The maximum absolute atomic E-state index is 13.2. The highest BCUT2D eigenvalue weighted by Gasteiger charge is 2.09. The summed E-state index contributed by atoms with van der Waals surface area (Å²) in [6, 6.07) is 13.5. The quantitative estimate of drug-likeness (QED) is 0.588. The summed E-state index contributed by atoms with van der Waals surface area (Å²) in [6.45, 7) is 0. The van der Waals surface area contributed by atoms with Gasteiger partial charge < -0.3 is 4.74 Å². The Morgan fingerprint density at radius 2 is 2.09 bits per heavy atom. The minimum absolute atomic E-state index is 0.322. The minimum Gasteiger partial charge on any atom is -0.497 e. The van der Waals surface area contributed by atoms with E-state index in [4.69, 9.17) is 17.0 Å². The van der Waals surface area contributed by atoms with Crippen LogP contribution in [0.3, 0.4) is 0 Å². The summed E-state index contributed by atoms with van der Waals surface area (Å²) >= 11 is 5.20. The average molecular weight is 328 g/mol. The number of aromatic amines is 1. The fourth-order valence-corrected chi connectivity index (χ4v) is 2.24. The third-order valence-corrected chi connectivity index (χ3v) is 3.41. The van der Waals surface area contributed by atoms with Crippen molar-refractivity contribution in [2.45, 2.75) is 0 Å². The van der Waals surface area contributed by atoms with Crippen molar-refractivity contribution in [2.24, 2.45) is 5.10 Å². The second-order valence-electron chi connectivity index (χ2n) is 4.70. The lowest BCUT2D eigenvalue weighted by molar-refractivity contribution is 0.415. The lowest BCUT2D eigenvalue weighted by Crippen LogP contribution is -1.95. The molecule has 7 heteroatoms. The van der Waals surface area contributed by atoms with E-state index in [9.17, 15) is 4.39 Å². The van der Waals surface area contributed by atoms with E-state index < -0.39 is 0 Å². The van der Waals surface area contributed by atoms with Gasteiger partial charge in [-0.25, -0.2) is 9.49 Å². The molecule has 116 valence electrons. The van der Waals surface area contributed by atoms with Gasteiger partial charge in [0.15, 0.2) is 5.82 Å². The summed E-state index contributed by atoms with van der Waals surface area (Å²) in [6.07, 6.45) is 1.53. The summed E-state index contributed by atoms with van der Waals surface area (Å²) < 4.78 is 20.3. The summed E-state index contributed by atoms with van der Waals surface area (Å²) in [7, 11) is 1.60. The number of H-pyrrole nitrogens is 1. The van der Waals surface area contributed by atoms with Crippen LogP contribution in [0.25, 0.3) is 11.4 Å². The molecule has 0 amide bonds. The van der Waals surface area contributed by atoms with Crippen LogP contribution in [0, 0.1) is 10.6 Å². The fourth-order valence-electron chi connectivity index (χ4n) is 2.06. The van der Waals surface area contributed by atoms with Crippen LogP contribution >= 0.6 is 12.2 Å². The number of halogens is 1. The maximum Gasteiger partial charge on any atom is 0.216 e. The summed E-state index contributed by atoms with van der Waals surface area (Å²) in [5.41, 5.74) is 1.43. The van der Waals surface area contributed by atoms with Crippen LogP contribution in [0.1, 0.15) is 5.56 Å². The molecule has 0 bridgehead atoms. The molecule has 0 saturated carbocycles. The van der Waals surface area contributed by atoms with Crippen molar-refractivity contribution >= 4 is 18.4 Å². The molecule has 0 fully saturated rings. The molecule has 1 aromatic heterocycles. The number of nitrogens with zero attached hydrogens (tertiary/aromatic N) is 3. The SMILES string of the molecule is COc1cccc(-c2n[nH]c(=S)n2N=Cc2cccc(F)c2)c1. The predicted molar refractivity (Wildman–Crippen MR) is 88.8 cm³/mol. The van der Waals surface area contributed by atoms with E-state index in [-0.39, 0.29) is 5.82 Å². The first kappa shape index (κ1) is 15.1. The standard InChI is InChI=1S/C16H13FN4OS/c1-22-14-7-3-5-12(9-14)15-19-20-16(23)21(15)18-10-11-4-2-6-13(17)8-11/h2-10H,1H3,(H,20,23). The van der Waals surface area contributed by atoms with Crippen LogP contribution in [0.2, 0.25) is 0 Å². The van der Waals surface area contributed by atoms with Crippen LogP contribution in [0.5, 0.6) is 5.75 Å². The van der Waals surface area contributed by atoms with Gasteiger partial charge in [-0.1, -0.05) is 24.3 Å². The van der Waals surface area contributed by atoms with Gasteiger partial charge in [-0.05, 0) is 42.0 Å². The molecule has 0 unspecified atom stereocenters. The molecule has 0 saturated heterocycles. The first-order valence-corrected chi connectivity index (χ1v) is 7.20. The molecule has 0 atom stereocenters. The predicted octanol–water partition coefficient (Wildman–Crippen LogP) is 3.64. The molecule has 3 rings (SSSR count). The topological polar surface area (TPSA) is 55.2 Å². The van der Waals surface area contributed by atoms with E-state index in [0.717, 1.165) is 5.56 Å². The summed E-state index contributed by atoms with van der Waals surface area (Å²) in [5, 5.41) is 11.2. The van der Waals surface area contributed by atoms with Crippen LogP contribution in [-0.2, 0) is 0 Å². The van der Waals surface area contributed by atoms with Gasteiger partial charge in [0.1, 0.15) is 11.6 Å². The molecule has 0 spiro atoms. The van der Waals surface area contributed by atoms with E-state index >= 15 is 0 Å². The number of nitrogens with one attached hydrogen (secondary N) is 1. The first-order valence-electron chi connectivity index (χ1n) is 6.79. The number of hydrogen-bond donors (Lipinski definition) is 1. The van der Waals surface area contributed by atoms with Crippen molar-refractivity contribution in [3.8, 4) is 17.1 Å². The lowest BCUT2D eigenvalue weighted by atomic mass is 10.2. The number of hydrogen-bond acceptors (Lipinski definition) is 4. The van der Waals surface area contributed by atoms with Crippen molar-refractivity contribution in [1.29, 1.82) is 0 Å². The van der Waals surface area contributed by atoms with Gasteiger partial charge in [-0.2, -0.15) is 14.9 Å². The fraction of sp³-hybridized carbons (Fsp3) is 0.0625. The molecule has 3 aromatic rings. The van der Waals surface area contributed by atoms with Crippen LogP contribution < -0.4 is 4.74 Å². The van der Waals surface area contributed by atoms with Crippen molar-refractivity contribution in [1.82, 2.24) is 14.9 Å². The molecular formula is C16H13FN4OS. The highest BCUT2D eigenvalue weighted by molar-refractivity contribution is 7.71. The van der Waals surface area contributed by atoms with E-state index in [1.165, 1.54) is 23.0 Å². The van der Waals surface area contributed by atoms with Gasteiger partial charge in [0, 0.05) is 5.56 Å². The third-order valence-electron chi connectivity index (χ3n) is 3.15. The van der Waals surface area contributed by atoms with Crippen LogP contribution in [0.15, 0.2) is 53.6 Å². The number of methoxy groups -OCH3 is 1. The Kier molecular flexibility index (Phi) is 4.29. The van der Waals surface area contributed by atoms with Crippen molar-refractivity contribution in [2.75, 3.05) is 7.11 Å². The number of aromatic nitrogens is 3. The largest absolute Gasteiger partial charge is 0.497 e. The zero-order valence-corrected chi connectivity index (χ0v) is 13.0. The van der Waals surface area contributed by atoms with Gasteiger partial charge in [-0.15, -0.1) is 0 Å². The van der Waals surface area contributed by atoms with E-state index in [1.54, 1.807) is 19.2 Å². The van der Waals surface area contributed by atoms with Crippen molar-refractivity contribution < 1.29 is 9.13 Å². The molecule has 23 heavy (non-hydrogen) atoms. The Labute approximate surface area is 137 Å². The molecule has 0 aliphatic rings. The molecule has 1 N–H and O–H groups in total. The monoisotopic (exact) mass is 328 g/mol. The van der Waals surface area contributed by atoms with Crippen LogP contribution in [0.4, 0.5) is 4.39 Å². The smallest absolute Gasteiger partial charge is 0.216 e. The van der Waals surface area contributed by atoms with Gasteiger partial charge in [0.25, 0.3) is 0 Å². The highest BCUT2D eigenvalue weighted by atomic mass is 32.1. The van der Waals surface area contributed by atoms with Gasteiger partial charge in [-0.3, -0.25) is 0 Å². The summed E-state index contributed by atoms with van der Waals surface area (Å²) in [4.78, 5) is 0. The molecule has 1 heterocycles. The Morgan fingerprint density at radius 1 is 1.26 bits per heavy atom. The zero-order chi connectivity index (χ0) is 16.2. The normalized spacial score (nSPS) is 11.0. The zero-order valence-electron chi connectivity index (χ0n) is 12.2. The Hall–Kier alpha value is -2.80. The van der Waals surface area contributed by atoms with Crippen molar-refractivity contribution in [3.63, 3.8) is 0 Å². The van der Waals surface area contributed by atoms with Gasteiger partial charge >= 0.3 is 0 Å². The highest BCUT2D eigenvalue weighted by Crippen LogP contribution is 2.22. The number of benzene rings is 2. The van der Waals surface area contributed by atoms with E-state index in [2.05, 4.69) is 15.3 Å². The summed E-state index contributed by atoms with van der Waals surface area (Å²) in [5.74, 6) is 0.927. The second-order valence-corrected chi connectivity index (χ2v) is 5.08. The third kappa shape index (κ3) is 3.35. The molecule has 5 nitrogen and oxygen atoms in total. The Balaban J connectivity index is 2.00. The molecule has 0 aliphatic carbocycles.